The second kappa shape index (κ2) is 8.07. The van der Waals surface area contributed by atoms with Crippen LogP contribution in [0.4, 0.5) is 0 Å². The molecule has 1 aliphatic carbocycles. The molecule has 0 aliphatic heterocycles. The first kappa shape index (κ1) is 17.4. The molecule has 2 heteroatoms. The van der Waals surface area contributed by atoms with Crippen molar-refractivity contribution < 1.29 is 4.74 Å². The number of rotatable bonds is 5. The minimum Gasteiger partial charge on any atom is -0.496 e. The third-order valence-corrected chi connectivity index (χ3v) is 5.56. The van der Waals surface area contributed by atoms with Crippen molar-refractivity contribution in [3.63, 3.8) is 0 Å². The summed E-state index contributed by atoms with van der Waals surface area (Å²) in [6, 6.07) is 17.3. The molecule has 3 rings (SSSR count). The molecule has 1 fully saturated rings. The first-order chi connectivity index (χ1) is 11.7. The van der Waals surface area contributed by atoms with Gasteiger partial charge in [-0.1, -0.05) is 61.7 Å². The van der Waals surface area contributed by atoms with Crippen LogP contribution in [0.1, 0.15) is 67.6 Å². The monoisotopic (exact) mass is 342 g/mol. The Morgan fingerprint density at radius 3 is 2.25 bits per heavy atom. The summed E-state index contributed by atoms with van der Waals surface area (Å²) in [6.07, 6.45) is 6.81. The standard InChI is InChI=1S/C22H27ClO/c1-16(23)22(20-10-6-7-11-21(20)24-2)19-14-12-18(13-15-19)17-8-4-3-5-9-17/h6-7,10-17,22H,3-5,8-9H2,1-2H3. The van der Waals surface area contributed by atoms with Crippen molar-refractivity contribution in [1.82, 2.24) is 0 Å². The van der Waals surface area contributed by atoms with Crippen molar-refractivity contribution in [3.05, 3.63) is 65.2 Å². The minimum absolute atomic E-state index is 0.00169. The molecule has 0 N–H and O–H groups in total. The maximum Gasteiger partial charge on any atom is 0.122 e. The number of hydrogen-bond donors (Lipinski definition) is 0. The largest absolute Gasteiger partial charge is 0.496 e. The summed E-state index contributed by atoms with van der Waals surface area (Å²) in [6.45, 7) is 2.06. The van der Waals surface area contributed by atoms with Crippen molar-refractivity contribution in [2.75, 3.05) is 7.11 Å². The van der Waals surface area contributed by atoms with Crippen LogP contribution in [-0.2, 0) is 0 Å². The van der Waals surface area contributed by atoms with E-state index >= 15 is 0 Å². The van der Waals surface area contributed by atoms with Gasteiger partial charge < -0.3 is 4.74 Å². The predicted molar refractivity (Wildman–Crippen MR) is 102 cm³/mol. The Morgan fingerprint density at radius 1 is 0.958 bits per heavy atom. The lowest BCUT2D eigenvalue weighted by atomic mass is 9.82. The Balaban J connectivity index is 1.89. The van der Waals surface area contributed by atoms with Gasteiger partial charge in [0.1, 0.15) is 5.75 Å². The van der Waals surface area contributed by atoms with Crippen molar-refractivity contribution >= 4 is 11.6 Å². The zero-order chi connectivity index (χ0) is 16.9. The zero-order valence-corrected chi connectivity index (χ0v) is 15.4. The highest BCUT2D eigenvalue weighted by Gasteiger charge is 2.23. The van der Waals surface area contributed by atoms with Gasteiger partial charge >= 0.3 is 0 Å². The fourth-order valence-electron chi connectivity index (χ4n) is 4.03. The summed E-state index contributed by atoms with van der Waals surface area (Å²) in [5.41, 5.74) is 3.91. The van der Waals surface area contributed by atoms with E-state index < -0.39 is 0 Å². The third-order valence-electron chi connectivity index (χ3n) is 5.31. The van der Waals surface area contributed by atoms with Crippen LogP contribution < -0.4 is 4.74 Å². The summed E-state index contributed by atoms with van der Waals surface area (Å²) in [4.78, 5) is 0. The molecule has 0 bridgehead atoms. The van der Waals surface area contributed by atoms with Crippen LogP contribution in [0.15, 0.2) is 48.5 Å². The van der Waals surface area contributed by atoms with E-state index in [1.807, 2.05) is 12.1 Å². The van der Waals surface area contributed by atoms with Gasteiger partial charge in [0.25, 0.3) is 0 Å². The van der Waals surface area contributed by atoms with Gasteiger partial charge in [-0.25, -0.2) is 0 Å². The molecule has 0 saturated heterocycles. The molecule has 24 heavy (non-hydrogen) atoms. The summed E-state index contributed by atoms with van der Waals surface area (Å²) < 4.78 is 5.56. The van der Waals surface area contributed by atoms with Gasteiger partial charge in [0.15, 0.2) is 0 Å². The van der Waals surface area contributed by atoms with E-state index in [9.17, 15) is 0 Å². The molecule has 0 heterocycles. The summed E-state index contributed by atoms with van der Waals surface area (Å²) >= 11 is 6.57. The predicted octanol–water partition coefficient (Wildman–Crippen LogP) is 6.50. The van der Waals surface area contributed by atoms with Gasteiger partial charge in [0.2, 0.25) is 0 Å². The number of hydrogen-bond acceptors (Lipinski definition) is 1. The van der Waals surface area contributed by atoms with Crippen molar-refractivity contribution in [3.8, 4) is 5.75 Å². The van der Waals surface area contributed by atoms with Crippen LogP contribution >= 0.6 is 11.6 Å². The number of halogens is 1. The quantitative estimate of drug-likeness (QED) is 0.563. The molecule has 1 aliphatic rings. The molecule has 0 radical (unpaired) electrons. The van der Waals surface area contributed by atoms with Crippen LogP contribution in [0, 0.1) is 0 Å². The van der Waals surface area contributed by atoms with Crippen molar-refractivity contribution in [1.29, 1.82) is 0 Å². The number of para-hydroxylation sites is 1. The molecule has 128 valence electrons. The number of benzene rings is 2. The maximum atomic E-state index is 6.57. The van der Waals surface area contributed by atoms with Crippen molar-refractivity contribution in [2.24, 2.45) is 0 Å². The van der Waals surface area contributed by atoms with Crippen LogP contribution in [0.25, 0.3) is 0 Å². The lowest BCUT2D eigenvalue weighted by molar-refractivity contribution is 0.407. The lowest BCUT2D eigenvalue weighted by Crippen LogP contribution is -2.13. The Morgan fingerprint density at radius 2 is 1.62 bits per heavy atom. The second-order valence-electron chi connectivity index (χ2n) is 6.90. The van der Waals surface area contributed by atoms with Crippen LogP contribution in [-0.4, -0.2) is 12.5 Å². The van der Waals surface area contributed by atoms with Gasteiger partial charge in [-0.05, 0) is 42.9 Å². The molecule has 0 amide bonds. The Hall–Kier alpha value is -1.47. The number of methoxy groups -OCH3 is 1. The molecule has 0 spiro atoms. The molecular weight excluding hydrogens is 316 g/mol. The summed E-state index contributed by atoms with van der Waals surface area (Å²) in [5, 5.41) is 0.00169. The fraction of sp³-hybridized carbons (Fsp3) is 0.455. The molecule has 2 atom stereocenters. The van der Waals surface area contributed by atoms with Crippen LogP contribution in [0.3, 0.4) is 0 Å². The first-order valence-corrected chi connectivity index (χ1v) is 9.51. The van der Waals surface area contributed by atoms with E-state index in [2.05, 4.69) is 43.3 Å². The average Bonchev–Trinajstić information content (AvgIpc) is 2.63. The first-order valence-electron chi connectivity index (χ1n) is 9.07. The second-order valence-corrected chi connectivity index (χ2v) is 7.59. The molecule has 1 saturated carbocycles. The normalized spacial score (nSPS) is 18.1. The van der Waals surface area contributed by atoms with Gasteiger partial charge in [-0.15, -0.1) is 11.6 Å². The minimum atomic E-state index is 0.00169. The fourth-order valence-corrected chi connectivity index (χ4v) is 4.31. The molecule has 0 aromatic heterocycles. The van der Waals surface area contributed by atoms with Gasteiger partial charge in [-0.3, -0.25) is 0 Å². The van der Waals surface area contributed by atoms with E-state index in [4.69, 9.17) is 16.3 Å². The topological polar surface area (TPSA) is 9.23 Å². The Bertz CT molecular complexity index is 641. The highest BCUT2D eigenvalue weighted by atomic mass is 35.5. The van der Waals surface area contributed by atoms with Gasteiger partial charge in [-0.2, -0.15) is 0 Å². The van der Waals surface area contributed by atoms with E-state index in [0.29, 0.717) is 0 Å². The third kappa shape index (κ3) is 3.78. The van der Waals surface area contributed by atoms with E-state index in [-0.39, 0.29) is 11.3 Å². The van der Waals surface area contributed by atoms with E-state index in [1.165, 1.54) is 43.2 Å². The van der Waals surface area contributed by atoms with Gasteiger partial charge in [0, 0.05) is 16.9 Å². The molecule has 1 nitrogen and oxygen atoms in total. The molecule has 2 aromatic carbocycles. The van der Waals surface area contributed by atoms with Crippen molar-refractivity contribution in [2.45, 2.75) is 56.2 Å². The summed E-state index contributed by atoms with van der Waals surface area (Å²) in [7, 11) is 1.72. The highest BCUT2D eigenvalue weighted by Crippen LogP contribution is 2.38. The smallest absolute Gasteiger partial charge is 0.122 e. The summed E-state index contributed by atoms with van der Waals surface area (Å²) in [5.74, 6) is 1.79. The van der Waals surface area contributed by atoms with Crippen LogP contribution in [0.5, 0.6) is 5.75 Å². The van der Waals surface area contributed by atoms with Crippen LogP contribution in [0.2, 0.25) is 0 Å². The SMILES string of the molecule is COc1ccccc1C(c1ccc(C2CCCCC2)cc1)C(C)Cl. The molecular formula is C22H27ClO. The van der Waals surface area contributed by atoms with E-state index in [1.54, 1.807) is 7.11 Å². The molecule has 2 aromatic rings. The molecule has 2 unspecified atom stereocenters. The average molecular weight is 343 g/mol. The Labute approximate surface area is 151 Å². The highest BCUT2D eigenvalue weighted by molar-refractivity contribution is 6.21. The number of alkyl halides is 1. The lowest BCUT2D eigenvalue weighted by Gasteiger charge is -2.25. The maximum absolute atomic E-state index is 6.57. The Kier molecular flexibility index (Phi) is 5.84. The zero-order valence-electron chi connectivity index (χ0n) is 14.7. The number of ether oxygens (including phenoxy) is 1. The van der Waals surface area contributed by atoms with Gasteiger partial charge in [0.05, 0.1) is 7.11 Å². The van der Waals surface area contributed by atoms with E-state index in [0.717, 1.165) is 17.2 Å².